The molecule has 2 bridgehead atoms. The summed E-state index contributed by atoms with van der Waals surface area (Å²) in [7, 11) is 2.24. The van der Waals surface area contributed by atoms with E-state index in [9.17, 15) is 0 Å². The number of likely N-dealkylation sites (N-methyl/N-ethyl adjacent to an activating group) is 1. The molecule has 4 aliphatic rings. The van der Waals surface area contributed by atoms with Crippen LogP contribution in [0.2, 0.25) is 0 Å². The Kier molecular flexibility index (Phi) is 2.54. The quantitative estimate of drug-likeness (QED) is 0.721. The lowest BCUT2D eigenvalue weighted by molar-refractivity contribution is -0.0415. The van der Waals surface area contributed by atoms with Crippen LogP contribution in [0.3, 0.4) is 0 Å². The monoisotopic (exact) mass is 223 g/mol. The third-order valence-corrected chi connectivity index (χ3v) is 5.44. The van der Waals surface area contributed by atoms with Gasteiger partial charge >= 0.3 is 0 Å². The van der Waals surface area contributed by atoms with Crippen LogP contribution >= 0.6 is 0 Å². The van der Waals surface area contributed by atoms with Gasteiger partial charge in [0, 0.05) is 37.3 Å². The van der Waals surface area contributed by atoms with Crippen molar-refractivity contribution in [3.63, 3.8) is 0 Å². The van der Waals surface area contributed by atoms with Gasteiger partial charge in [0.05, 0.1) is 0 Å². The second kappa shape index (κ2) is 3.69. The fraction of sp³-hybridized carbons (Fsp3) is 1.00. The van der Waals surface area contributed by atoms with Crippen molar-refractivity contribution < 1.29 is 0 Å². The molecule has 0 aromatic rings. The molecular weight excluding hydrogens is 198 g/mol. The normalized spacial score (nSPS) is 46.1. The summed E-state index contributed by atoms with van der Waals surface area (Å²) < 4.78 is 0. The van der Waals surface area contributed by atoms with Gasteiger partial charge in [-0.25, -0.2) is 0 Å². The summed E-state index contributed by atoms with van der Waals surface area (Å²) in [5, 5.41) is 0. The topological polar surface area (TPSA) is 32.5 Å². The second-order valence-electron chi connectivity index (χ2n) is 6.38. The van der Waals surface area contributed by atoms with Crippen molar-refractivity contribution in [2.75, 3.05) is 33.2 Å². The molecule has 0 radical (unpaired) electrons. The highest BCUT2D eigenvalue weighted by molar-refractivity contribution is 5.08. The molecule has 4 fully saturated rings. The van der Waals surface area contributed by atoms with Gasteiger partial charge in [0.25, 0.3) is 0 Å². The van der Waals surface area contributed by atoms with Crippen LogP contribution in [0, 0.1) is 0 Å². The Balaban J connectivity index is 1.70. The number of nitrogens with two attached hydrogens (primary N) is 1. The van der Waals surface area contributed by atoms with Crippen LogP contribution in [-0.4, -0.2) is 54.1 Å². The summed E-state index contributed by atoms with van der Waals surface area (Å²) in [6.45, 7) is 5.03. The van der Waals surface area contributed by atoms with Crippen molar-refractivity contribution >= 4 is 0 Å². The Morgan fingerprint density at radius 1 is 0.812 bits per heavy atom. The van der Waals surface area contributed by atoms with Crippen LogP contribution in [0.15, 0.2) is 0 Å². The van der Waals surface area contributed by atoms with E-state index in [1.54, 1.807) is 0 Å². The van der Waals surface area contributed by atoms with Crippen molar-refractivity contribution in [2.45, 2.75) is 49.6 Å². The lowest BCUT2D eigenvalue weighted by Crippen LogP contribution is -2.64. The Bertz CT molecular complexity index is 244. The Morgan fingerprint density at radius 3 is 1.81 bits per heavy atom. The van der Waals surface area contributed by atoms with E-state index < -0.39 is 0 Å². The van der Waals surface area contributed by atoms with E-state index in [2.05, 4.69) is 16.8 Å². The van der Waals surface area contributed by atoms with Crippen molar-refractivity contribution in [1.29, 1.82) is 0 Å². The maximum absolute atomic E-state index is 6.38. The number of piperazine rings is 1. The highest BCUT2D eigenvalue weighted by Crippen LogP contribution is 2.48. The van der Waals surface area contributed by atoms with Crippen LogP contribution in [0.5, 0.6) is 0 Å². The average Bonchev–Trinajstić information content (AvgIpc) is 2.31. The zero-order valence-electron chi connectivity index (χ0n) is 10.5. The summed E-state index contributed by atoms with van der Waals surface area (Å²) in [5.74, 6) is 0. The number of hydrogen-bond acceptors (Lipinski definition) is 3. The minimum Gasteiger partial charge on any atom is -0.325 e. The number of hydrogen-bond donors (Lipinski definition) is 1. The molecule has 0 spiro atoms. The molecule has 3 heteroatoms. The third kappa shape index (κ3) is 1.69. The maximum Gasteiger partial charge on any atom is 0.0212 e. The lowest BCUT2D eigenvalue weighted by atomic mass is 9.61. The molecule has 1 aliphatic heterocycles. The molecule has 0 aromatic carbocycles. The van der Waals surface area contributed by atoms with Gasteiger partial charge in [-0.05, 0) is 45.6 Å². The smallest absolute Gasteiger partial charge is 0.0212 e. The fourth-order valence-corrected chi connectivity index (χ4v) is 3.95. The number of fused-ring (bicyclic) bond motifs is 3. The summed E-state index contributed by atoms with van der Waals surface area (Å²) in [4.78, 5) is 5.23. The summed E-state index contributed by atoms with van der Waals surface area (Å²) in [6, 6.07) is 0. The average molecular weight is 223 g/mol. The molecule has 92 valence electrons. The lowest BCUT2D eigenvalue weighted by Gasteiger charge is -2.57. The maximum atomic E-state index is 6.38. The van der Waals surface area contributed by atoms with Crippen LogP contribution < -0.4 is 5.73 Å². The van der Waals surface area contributed by atoms with Crippen LogP contribution in [0.25, 0.3) is 0 Å². The minimum atomic E-state index is 0.217. The van der Waals surface area contributed by atoms with Gasteiger partial charge in [0.2, 0.25) is 0 Å². The van der Waals surface area contributed by atoms with E-state index >= 15 is 0 Å². The van der Waals surface area contributed by atoms with E-state index in [1.807, 2.05) is 0 Å². The van der Waals surface area contributed by atoms with Gasteiger partial charge in [0.1, 0.15) is 0 Å². The highest BCUT2D eigenvalue weighted by Gasteiger charge is 2.49. The van der Waals surface area contributed by atoms with Crippen molar-refractivity contribution in [1.82, 2.24) is 9.80 Å². The predicted molar refractivity (Wildman–Crippen MR) is 66.4 cm³/mol. The Labute approximate surface area is 99.0 Å². The summed E-state index contributed by atoms with van der Waals surface area (Å²) >= 11 is 0. The predicted octanol–water partition coefficient (Wildman–Crippen LogP) is 1.04. The number of rotatable bonds is 1. The Morgan fingerprint density at radius 2 is 1.31 bits per heavy atom. The van der Waals surface area contributed by atoms with Crippen molar-refractivity contribution in [3.8, 4) is 0 Å². The molecule has 0 aromatic heterocycles. The van der Waals surface area contributed by atoms with E-state index in [0.717, 1.165) is 0 Å². The molecule has 0 unspecified atom stereocenters. The molecule has 3 saturated carbocycles. The van der Waals surface area contributed by atoms with Gasteiger partial charge in [-0.15, -0.1) is 0 Å². The van der Waals surface area contributed by atoms with E-state index in [0.29, 0.717) is 5.54 Å². The standard InChI is InChI=1S/C13H25N3/c1-15-8-10-16(11-9-15)13-5-2-12(14,3-6-13)4-7-13/h2-11,14H2,1H3. The second-order valence-corrected chi connectivity index (χ2v) is 6.38. The Hall–Kier alpha value is -0.120. The van der Waals surface area contributed by atoms with Crippen LogP contribution in [-0.2, 0) is 0 Å². The first-order chi connectivity index (χ1) is 7.62. The molecule has 0 amide bonds. The molecule has 4 rings (SSSR count). The summed E-state index contributed by atoms with van der Waals surface area (Å²) in [6.07, 6.45) is 7.85. The molecule has 2 N–H and O–H groups in total. The first kappa shape index (κ1) is 11.0. The van der Waals surface area contributed by atoms with E-state index in [1.165, 1.54) is 64.7 Å². The van der Waals surface area contributed by atoms with Crippen molar-refractivity contribution in [3.05, 3.63) is 0 Å². The highest BCUT2D eigenvalue weighted by atomic mass is 15.3. The van der Waals surface area contributed by atoms with Gasteiger partial charge < -0.3 is 10.6 Å². The van der Waals surface area contributed by atoms with Gasteiger partial charge in [0.15, 0.2) is 0 Å². The largest absolute Gasteiger partial charge is 0.325 e. The molecule has 1 heterocycles. The van der Waals surface area contributed by atoms with Gasteiger partial charge in [-0.3, -0.25) is 4.90 Å². The van der Waals surface area contributed by atoms with E-state index in [4.69, 9.17) is 5.73 Å². The van der Waals surface area contributed by atoms with Crippen molar-refractivity contribution in [2.24, 2.45) is 5.73 Å². The number of nitrogens with zero attached hydrogens (tertiary/aromatic N) is 2. The molecule has 3 aliphatic carbocycles. The molecular formula is C13H25N3. The molecule has 3 nitrogen and oxygen atoms in total. The first-order valence-electron chi connectivity index (χ1n) is 6.85. The third-order valence-electron chi connectivity index (χ3n) is 5.44. The molecule has 0 atom stereocenters. The van der Waals surface area contributed by atoms with Crippen LogP contribution in [0.1, 0.15) is 38.5 Å². The van der Waals surface area contributed by atoms with Gasteiger partial charge in [-0.1, -0.05) is 0 Å². The zero-order chi connectivity index (χ0) is 11.2. The van der Waals surface area contributed by atoms with Gasteiger partial charge in [-0.2, -0.15) is 0 Å². The minimum absolute atomic E-state index is 0.217. The zero-order valence-corrected chi connectivity index (χ0v) is 10.5. The molecule has 1 saturated heterocycles. The SMILES string of the molecule is CN1CCN(C23CCC(N)(CC2)CC3)CC1. The molecule has 16 heavy (non-hydrogen) atoms. The van der Waals surface area contributed by atoms with E-state index in [-0.39, 0.29) is 5.54 Å². The summed E-state index contributed by atoms with van der Waals surface area (Å²) in [5.41, 5.74) is 7.14. The fourth-order valence-electron chi connectivity index (χ4n) is 3.95. The first-order valence-corrected chi connectivity index (χ1v) is 6.85. The van der Waals surface area contributed by atoms with Crippen LogP contribution in [0.4, 0.5) is 0 Å².